The fourth-order valence-corrected chi connectivity index (χ4v) is 3.62. The van der Waals surface area contributed by atoms with Gasteiger partial charge in [-0.15, -0.1) is 0 Å². The van der Waals surface area contributed by atoms with Crippen LogP contribution in [0.25, 0.3) is 5.78 Å². The second-order valence-corrected chi connectivity index (χ2v) is 7.28. The third kappa shape index (κ3) is 4.40. The summed E-state index contributed by atoms with van der Waals surface area (Å²) in [4.78, 5) is 33.4. The summed E-state index contributed by atoms with van der Waals surface area (Å²) in [7, 11) is 1.67. The van der Waals surface area contributed by atoms with E-state index in [0.29, 0.717) is 23.6 Å². The molecule has 0 fully saturated rings. The van der Waals surface area contributed by atoms with Crippen LogP contribution in [0.5, 0.6) is 0 Å². The van der Waals surface area contributed by atoms with Crippen molar-refractivity contribution >= 4 is 17.5 Å². The van der Waals surface area contributed by atoms with Gasteiger partial charge in [-0.2, -0.15) is 10.1 Å². The average molecular weight is 413 g/mol. The van der Waals surface area contributed by atoms with Crippen molar-refractivity contribution < 1.29 is 19.1 Å². The fraction of sp³-hybridized carbons (Fsp3) is 0.476. The predicted octanol–water partition coefficient (Wildman–Crippen LogP) is 2.16. The van der Waals surface area contributed by atoms with E-state index in [1.807, 2.05) is 33.8 Å². The summed E-state index contributed by atoms with van der Waals surface area (Å²) < 4.78 is 14.0. The van der Waals surface area contributed by atoms with Gasteiger partial charge in [0.1, 0.15) is 6.33 Å². The zero-order valence-corrected chi connectivity index (χ0v) is 18.1. The van der Waals surface area contributed by atoms with E-state index in [9.17, 15) is 9.59 Å². The van der Waals surface area contributed by atoms with E-state index in [4.69, 9.17) is 9.47 Å². The number of carbonyl (C=O) groups is 2. The van der Waals surface area contributed by atoms with Gasteiger partial charge in [-0.05, 0) is 40.2 Å². The van der Waals surface area contributed by atoms with Gasteiger partial charge >= 0.3 is 5.97 Å². The smallest absolute Gasteiger partial charge is 0.310 e. The van der Waals surface area contributed by atoms with Crippen LogP contribution in [-0.4, -0.2) is 56.2 Å². The van der Waals surface area contributed by atoms with Crippen molar-refractivity contribution in [2.75, 3.05) is 20.3 Å². The van der Waals surface area contributed by atoms with Crippen LogP contribution in [-0.2, 0) is 27.2 Å². The van der Waals surface area contributed by atoms with Gasteiger partial charge in [0, 0.05) is 54.2 Å². The molecular weight excluding hydrogens is 386 g/mol. The van der Waals surface area contributed by atoms with Gasteiger partial charge < -0.3 is 14.0 Å². The second kappa shape index (κ2) is 9.17. The van der Waals surface area contributed by atoms with Crippen molar-refractivity contribution in [3.63, 3.8) is 0 Å². The molecule has 0 amide bonds. The van der Waals surface area contributed by atoms with Crippen molar-refractivity contribution in [1.29, 1.82) is 0 Å². The van der Waals surface area contributed by atoms with Crippen LogP contribution < -0.4 is 0 Å². The minimum Gasteiger partial charge on any atom is -0.457 e. The molecule has 0 aliphatic rings. The molecule has 0 spiro atoms. The Morgan fingerprint density at radius 1 is 1.13 bits per heavy atom. The maximum Gasteiger partial charge on any atom is 0.310 e. The van der Waals surface area contributed by atoms with E-state index in [-0.39, 0.29) is 18.8 Å². The fourth-order valence-electron chi connectivity index (χ4n) is 3.62. The van der Waals surface area contributed by atoms with E-state index < -0.39 is 5.97 Å². The Bertz CT molecular complexity index is 1080. The number of esters is 1. The molecule has 3 aromatic rings. The van der Waals surface area contributed by atoms with Crippen LogP contribution in [0.1, 0.15) is 45.1 Å². The number of Topliss-reactive ketones (excluding diaryl/α,β-unsaturated/α-hetero) is 1. The monoisotopic (exact) mass is 413 g/mol. The molecule has 3 heterocycles. The lowest BCUT2D eigenvalue weighted by Crippen LogP contribution is -2.18. The molecule has 0 saturated carbocycles. The van der Waals surface area contributed by atoms with Crippen LogP contribution in [0.15, 0.2) is 12.4 Å². The highest BCUT2D eigenvalue weighted by Gasteiger charge is 2.19. The molecule has 0 saturated heterocycles. The van der Waals surface area contributed by atoms with Crippen molar-refractivity contribution in [2.24, 2.45) is 0 Å². The Labute approximate surface area is 175 Å². The number of carbonyl (C=O) groups excluding carboxylic acids is 2. The van der Waals surface area contributed by atoms with Gasteiger partial charge in [0.25, 0.3) is 5.78 Å². The van der Waals surface area contributed by atoms with E-state index in [1.165, 1.54) is 6.33 Å². The molecule has 3 aromatic heterocycles. The number of nitrogens with zero attached hydrogens (tertiary/aromatic N) is 5. The minimum atomic E-state index is -0.482. The number of aryl methyl sites for hydroxylation is 3. The van der Waals surface area contributed by atoms with E-state index >= 15 is 0 Å². The van der Waals surface area contributed by atoms with Crippen LogP contribution >= 0.6 is 0 Å². The van der Waals surface area contributed by atoms with Gasteiger partial charge in [-0.1, -0.05) is 0 Å². The van der Waals surface area contributed by atoms with E-state index in [2.05, 4.69) is 19.6 Å². The number of fused-ring (bicyclic) bond motifs is 1. The minimum absolute atomic E-state index is 0.0176. The normalized spacial score (nSPS) is 11.2. The largest absolute Gasteiger partial charge is 0.457 e. The first-order chi connectivity index (χ1) is 14.3. The summed E-state index contributed by atoms with van der Waals surface area (Å²) in [6.07, 6.45) is 2.30. The number of ether oxygens (including phenoxy) is 2. The highest BCUT2D eigenvalue weighted by atomic mass is 16.5. The quantitative estimate of drug-likeness (QED) is 0.301. The van der Waals surface area contributed by atoms with Gasteiger partial charge in [0.2, 0.25) is 5.78 Å². The molecule has 9 nitrogen and oxygen atoms in total. The number of hydrogen-bond donors (Lipinski definition) is 0. The Kier molecular flexibility index (Phi) is 6.61. The predicted molar refractivity (Wildman–Crippen MR) is 110 cm³/mol. The topological polar surface area (TPSA) is 101 Å². The standard InChI is InChI=1S/C21H27N5O4/c1-13-9-18(15(3)25(13)7-6-8-29-5)19(27)11-30-20(28)10-17-14(2)24-21-22-12-23-26(21)16(17)4/h9,12H,6-8,10-11H2,1-5H3. The molecule has 0 aromatic carbocycles. The molecule has 0 aliphatic heterocycles. The first-order valence-electron chi connectivity index (χ1n) is 9.83. The summed E-state index contributed by atoms with van der Waals surface area (Å²) in [6, 6.07) is 1.84. The molecule has 160 valence electrons. The summed E-state index contributed by atoms with van der Waals surface area (Å²) >= 11 is 0. The van der Waals surface area contributed by atoms with Crippen molar-refractivity contribution in [2.45, 2.75) is 47.1 Å². The van der Waals surface area contributed by atoms with E-state index in [1.54, 1.807) is 11.6 Å². The molecular formula is C21H27N5O4. The van der Waals surface area contributed by atoms with Crippen LogP contribution in [0.4, 0.5) is 0 Å². The highest BCUT2D eigenvalue weighted by Crippen LogP contribution is 2.17. The molecule has 0 radical (unpaired) electrons. The molecule has 0 bridgehead atoms. The number of hydrogen-bond acceptors (Lipinski definition) is 7. The molecule has 0 atom stereocenters. The lowest BCUT2D eigenvalue weighted by atomic mass is 10.1. The second-order valence-electron chi connectivity index (χ2n) is 7.28. The summed E-state index contributed by atoms with van der Waals surface area (Å²) in [5.74, 6) is -0.212. The third-order valence-electron chi connectivity index (χ3n) is 5.28. The maximum absolute atomic E-state index is 12.6. The SMILES string of the molecule is COCCCn1c(C)cc(C(=O)COC(=O)Cc2c(C)nc3ncnn3c2C)c1C. The lowest BCUT2D eigenvalue weighted by Gasteiger charge is -2.11. The van der Waals surface area contributed by atoms with Gasteiger partial charge in [0.15, 0.2) is 6.61 Å². The Morgan fingerprint density at radius 3 is 2.63 bits per heavy atom. The Balaban J connectivity index is 1.64. The van der Waals surface area contributed by atoms with Gasteiger partial charge in [0.05, 0.1) is 6.42 Å². The highest BCUT2D eigenvalue weighted by molar-refractivity contribution is 5.99. The first kappa shape index (κ1) is 21.6. The molecule has 0 unspecified atom stereocenters. The first-order valence-corrected chi connectivity index (χ1v) is 9.83. The number of ketones is 1. The maximum atomic E-state index is 12.6. The van der Waals surface area contributed by atoms with Crippen molar-refractivity contribution in [3.05, 3.63) is 46.3 Å². The average Bonchev–Trinajstić information content (AvgIpc) is 3.29. The van der Waals surface area contributed by atoms with E-state index in [0.717, 1.165) is 35.6 Å². The molecule has 30 heavy (non-hydrogen) atoms. The van der Waals surface area contributed by atoms with Crippen molar-refractivity contribution in [3.8, 4) is 0 Å². The molecule has 0 aliphatic carbocycles. The Hall–Kier alpha value is -3.07. The van der Waals surface area contributed by atoms with Crippen LogP contribution in [0.2, 0.25) is 0 Å². The van der Waals surface area contributed by atoms with Crippen LogP contribution in [0, 0.1) is 27.7 Å². The molecule has 9 heteroatoms. The number of rotatable bonds is 9. The zero-order valence-electron chi connectivity index (χ0n) is 18.1. The zero-order chi connectivity index (χ0) is 21.8. The van der Waals surface area contributed by atoms with Gasteiger partial charge in [-0.3, -0.25) is 9.59 Å². The number of methoxy groups -OCH3 is 1. The molecule has 3 rings (SSSR count). The summed E-state index contributed by atoms with van der Waals surface area (Å²) in [5, 5.41) is 4.11. The van der Waals surface area contributed by atoms with Gasteiger partial charge in [-0.25, -0.2) is 9.50 Å². The summed E-state index contributed by atoms with van der Waals surface area (Å²) in [5.41, 5.74) is 4.64. The molecule has 0 N–H and O–H groups in total. The Morgan fingerprint density at radius 2 is 1.90 bits per heavy atom. The number of aromatic nitrogens is 5. The third-order valence-corrected chi connectivity index (χ3v) is 5.28. The summed E-state index contributed by atoms with van der Waals surface area (Å²) in [6.45, 7) is 8.66. The lowest BCUT2D eigenvalue weighted by molar-refractivity contribution is -0.141. The van der Waals surface area contributed by atoms with Crippen molar-refractivity contribution in [1.82, 2.24) is 24.1 Å². The van der Waals surface area contributed by atoms with Crippen LogP contribution in [0.3, 0.4) is 0 Å².